The van der Waals surface area contributed by atoms with Gasteiger partial charge in [-0.3, -0.25) is 4.98 Å². The fraction of sp³-hybridized carbons (Fsp3) is 0.300. The molecule has 0 radical (unpaired) electrons. The summed E-state index contributed by atoms with van der Waals surface area (Å²) in [5.41, 5.74) is 8.15. The average Bonchev–Trinajstić information content (AvgIpc) is 2.47. The molecule has 14 heavy (non-hydrogen) atoms. The number of anilines is 1. The zero-order valence-electron chi connectivity index (χ0n) is 8.01. The second-order valence-corrected chi connectivity index (χ2v) is 3.49. The predicted molar refractivity (Wildman–Crippen MR) is 55.8 cm³/mol. The van der Waals surface area contributed by atoms with Crippen LogP contribution in [0.25, 0.3) is 11.0 Å². The van der Waals surface area contributed by atoms with Gasteiger partial charge < -0.3 is 15.4 Å². The highest BCUT2D eigenvalue weighted by Crippen LogP contribution is 2.16. The van der Waals surface area contributed by atoms with Crippen molar-refractivity contribution < 1.29 is 5.11 Å². The van der Waals surface area contributed by atoms with Crippen LogP contribution in [0.4, 0.5) is 5.69 Å². The van der Waals surface area contributed by atoms with Gasteiger partial charge in [-0.2, -0.15) is 0 Å². The minimum atomic E-state index is -0.368. The van der Waals surface area contributed by atoms with Gasteiger partial charge in [-0.15, -0.1) is 0 Å². The molecule has 3 N–H and O–H groups in total. The molecule has 1 atom stereocenters. The Morgan fingerprint density at radius 2 is 2.43 bits per heavy atom. The summed E-state index contributed by atoms with van der Waals surface area (Å²) in [4.78, 5) is 4.18. The Bertz CT molecular complexity index is 448. The van der Waals surface area contributed by atoms with Crippen LogP contribution in [0.1, 0.15) is 6.92 Å². The molecule has 0 fully saturated rings. The molecule has 0 aliphatic rings. The van der Waals surface area contributed by atoms with Gasteiger partial charge in [-0.1, -0.05) is 0 Å². The lowest BCUT2D eigenvalue weighted by Gasteiger charge is -2.07. The molecular formula is C10H13N3O. The molecule has 74 valence electrons. The molecule has 4 heteroatoms. The standard InChI is InChI=1S/C10H13N3O/c1-7(14)6-13-3-2-9-10(13)4-8(11)5-12-9/h2-5,7,14H,6,11H2,1H3. The monoisotopic (exact) mass is 191 g/mol. The van der Waals surface area contributed by atoms with Gasteiger partial charge in [0.1, 0.15) is 0 Å². The van der Waals surface area contributed by atoms with Gasteiger partial charge >= 0.3 is 0 Å². The minimum Gasteiger partial charge on any atom is -0.397 e. The van der Waals surface area contributed by atoms with E-state index in [0.717, 1.165) is 11.0 Å². The van der Waals surface area contributed by atoms with Gasteiger partial charge in [0.25, 0.3) is 0 Å². The molecule has 0 spiro atoms. The second-order valence-electron chi connectivity index (χ2n) is 3.49. The molecule has 2 aromatic rings. The van der Waals surface area contributed by atoms with Crippen LogP contribution in [0, 0.1) is 0 Å². The van der Waals surface area contributed by atoms with Crippen LogP contribution in [-0.2, 0) is 6.54 Å². The molecular weight excluding hydrogens is 178 g/mol. The first-order chi connectivity index (χ1) is 6.66. The molecule has 0 saturated carbocycles. The molecule has 0 aliphatic heterocycles. The Kier molecular flexibility index (Phi) is 2.13. The number of nitrogens with two attached hydrogens (primary N) is 1. The Morgan fingerprint density at radius 1 is 1.64 bits per heavy atom. The largest absolute Gasteiger partial charge is 0.397 e. The van der Waals surface area contributed by atoms with Crippen molar-refractivity contribution in [1.29, 1.82) is 0 Å². The van der Waals surface area contributed by atoms with E-state index in [2.05, 4.69) is 4.98 Å². The van der Waals surface area contributed by atoms with Crippen molar-refractivity contribution in [2.75, 3.05) is 5.73 Å². The van der Waals surface area contributed by atoms with Crippen LogP contribution in [0.5, 0.6) is 0 Å². The molecule has 2 rings (SSSR count). The van der Waals surface area contributed by atoms with Gasteiger partial charge in [0.2, 0.25) is 0 Å². The number of aliphatic hydroxyl groups is 1. The Hall–Kier alpha value is -1.55. The summed E-state index contributed by atoms with van der Waals surface area (Å²) in [6, 6.07) is 3.78. The summed E-state index contributed by atoms with van der Waals surface area (Å²) >= 11 is 0. The number of nitrogens with zero attached hydrogens (tertiary/aromatic N) is 2. The van der Waals surface area contributed by atoms with Crippen molar-refractivity contribution in [2.24, 2.45) is 0 Å². The first-order valence-electron chi connectivity index (χ1n) is 4.55. The summed E-state index contributed by atoms with van der Waals surface area (Å²) in [6.45, 7) is 2.32. The maximum absolute atomic E-state index is 9.28. The quantitative estimate of drug-likeness (QED) is 0.744. The first kappa shape index (κ1) is 9.02. The van der Waals surface area contributed by atoms with E-state index in [4.69, 9.17) is 5.73 Å². The average molecular weight is 191 g/mol. The fourth-order valence-electron chi connectivity index (χ4n) is 1.52. The maximum atomic E-state index is 9.28. The van der Waals surface area contributed by atoms with Gasteiger partial charge in [0, 0.05) is 12.7 Å². The molecule has 0 aromatic carbocycles. The van der Waals surface area contributed by atoms with E-state index in [-0.39, 0.29) is 6.10 Å². The van der Waals surface area contributed by atoms with E-state index in [1.165, 1.54) is 0 Å². The van der Waals surface area contributed by atoms with E-state index >= 15 is 0 Å². The van der Waals surface area contributed by atoms with Crippen molar-refractivity contribution in [2.45, 2.75) is 19.6 Å². The summed E-state index contributed by atoms with van der Waals surface area (Å²) in [6.07, 6.45) is 3.17. The molecule has 1 unspecified atom stereocenters. The highest BCUT2D eigenvalue weighted by molar-refractivity contribution is 5.78. The second kappa shape index (κ2) is 3.31. The Morgan fingerprint density at radius 3 is 3.14 bits per heavy atom. The molecule has 0 aliphatic carbocycles. The van der Waals surface area contributed by atoms with E-state index < -0.39 is 0 Å². The van der Waals surface area contributed by atoms with E-state index in [9.17, 15) is 5.11 Å². The van der Waals surface area contributed by atoms with E-state index in [0.29, 0.717) is 12.2 Å². The van der Waals surface area contributed by atoms with Crippen molar-refractivity contribution >= 4 is 16.7 Å². The smallest absolute Gasteiger partial charge is 0.0882 e. The van der Waals surface area contributed by atoms with Crippen molar-refractivity contribution in [3.63, 3.8) is 0 Å². The highest BCUT2D eigenvalue weighted by Gasteiger charge is 2.04. The SMILES string of the molecule is CC(O)Cn1ccc2ncc(N)cc21. The van der Waals surface area contributed by atoms with Crippen molar-refractivity contribution in [3.05, 3.63) is 24.5 Å². The van der Waals surface area contributed by atoms with E-state index in [1.54, 1.807) is 13.1 Å². The minimum absolute atomic E-state index is 0.368. The zero-order valence-corrected chi connectivity index (χ0v) is 8.01. The molecule has 2 heterocycles. The lowest BCUT2D eigenvalue weighted by atomic mass is 10.3. The molecule has 0 amide bonds. The number of pyridine rings is 1. The summed E-state index contributed by atoms with van der Waals surface area (Å²) in [5, 5.41) is 9.28. The molecule has 2 aromatic heterocycles. The number of hydrogen-bond donors (Lipinski definition) is 2. The van der Waals surface area contributed by atoms with Crippen LogP contribution in [0.15, 0.2) is 24.5 Å². The van der Waals surface area contributed by atoms with Crippen LogP contribution < -0.4 is 5.73 Å². The van der Waals surface area contributed by atoms with Crippen LogP contribution >= 0.6 is 0 Å². The van der Waals surface area contributed by atoms with Gasteiger partial charge in [-0.25, -0.2) is 0 Å². The Balaban J connectivity index is 2.50. The topological polar surface area (TPSA) is 64.1 Å². The lowest BCUT2D eigenvalue weighted by Crippen LogP contribution is -2.10. The number of rotatable bonds is 2. The summed E-state index contributed by atoms with van der Waals surface area (Å²) < 4.78 is 1.95. The number of nitrogen functional groups attached to an aromatic ring is 1. The first-order valence-corrected chi connectivity index (χ1v) is 4.55. The highest BCUT2D eigenvalue weighted by atomic mass is 16.3. The number of aromatic nitrogens is 2. The zero-order chi connectivity index (χ0) is 10.1. The third-order valence-electron chi connectivity index (χ3n) is 2.10. The van der Waals surface area contributed by atoms with Crippen molar-refractivity contribution in [3.8, 4) is 0 Å². The normalized spacial score (nSPS) is 13.3. The van der Waals surface area contributed by atoms with Crippen LogP contribution in [-0.4, -0.2) is 20.8 Å². The Labute approximate surface area is 82.0 Å². The molecule has 4 nitrogen and oxygen atoms in total. The molecule has 0 saturated heterocycles. The molecule has 0 bridgehead atoms. The number of hydrogen-bond acceptors (Lipinski definition) is 3. The summed E-state index contributed by atoms with van der Waals surface area (Å²) in [7, 11) is 0. The van der Waals surface area contributed by atoms with Crippen LogP contribution in [0.2, 0.25) is 0 Å². The number of fused-ring (bicyclic) bond motifs is 1. The maximum Gasteiger partial charge on any atom is 0.0882 e. The van der Waals surface area contributed by atoms with Gasteiger partial charge in [0.15, 0.2) is 0 Å². The van der Waals surface area contributed by atoms with Crippen LogP contribution in [0.3, 0.4) is 0 Å². The summed E-state index contributed by atoms with van der Waals surface area (Å²) in [5.74, 6) is 0. The number of aliphatic hydroxyl groups excluding tert-OH is 1. The third kappa shape index (κ3) is 1.56. The fourth-order valence-corrected chi connectivity index (χ4v) is 1.52. The van der Waals surface area contributed by atoms with E-state index in [1.807, 2.05) is 22.9 Å². The van der Waals surface area contributed by atoms with Gasteiger partial charge in [0.05, 0.1) is 29.0 Å². The van der Waals surface area contributed by atoms with Crippen molar-refractivity contribution in [1.82, 2.24) is 9.55 Å². The lowest BCUT2D eigenvalue weighted by molar-refractivity contribution is 0.175. The third-order valence-corrected chi connectivity index (χ3v) is 2.10. The van der Waals surface area contributed by atoms with Gasteiger partial charge in [-0.05, 0) is 19.1 Å². The predicted octanol–water partition coefficient (Wildman–Crippen LogP) is 0.999.